The van der Waals surface area contributed by atoms with Crippen LogP contribution in [0.15, 0.2) is 18.3 Å². The smallest absolute Gasteiger partial charge is 0.407 e. The molecule has 3 N–H and O–H groups in total. The number of nitrogens with one attached hydrogen (secondary N) is 3. The van der Waals surface area contributed by atoms with Gasteiger partial charge in [0, 0.05) is 31.0 Å². The van der Waals surface area contributed by atoms with Crippen molar-refractivity contribution in [2.45, 2.75) is 52.3 Å². The Morgan fingerprint density at radius 2 is 2.21 bits per heavy atom. The van der Waals surface area contributed by atoms with E-state index in [-0.39, 0.29) is 12.1 Å². The summed E-state index contributed by atoms with van der Waals surface area (Å²) in [5.74, 6) is 0. The van der Waals surface area contributed by atoms with E-state index in [4.69, 9.17) is 4.74 Å². The van der Waals surface area contributed by atoms with Crippen LogP contribution in [0.4, 0.5) is 4.79 Å². The molecule has 5 heteroatoms. The second kappa shape index (κ2) is 7.19. The lowest BCUT2D eigenvalue weighted by molar-refractivity contribution is 0.0522. The van der Waals surface area contributed by atoms with Crippen LogP contribution < -0.4 is 10.6 Å². The van der Waals surface area contributed by atoms with Crippen molar-refractivity contribution in [2.24, 2.45) is 0 Å². The molecule has 1 atom stereocenters. The zero-order valence-corrected chi connectivity index (χ0v) is 12.2. The molecule has 1 unspecified atom stereocenters. The second-order valence-corrected chi connectivity index (χ2v) is 5.56. The third-order valence-electron chi connectivity index (χ3n) is 2.63. The van der Waals surface area contributed by atoms with Crippen LogP contribution >= 0.6 is 0 Å². The molecule has 5 nitrogen and oxygen atoms in total. The maximum Gasteiger partial charge on any atom is 0.407 e. The Balaban J connectivity index is 2.26. The first-order chi connectivity index (χ1) is 8.90. The summed E-state index contributed by atoms with van der Waals surface area (Å²) in [5, 5.41) is 6.17. The summed E-state index contributed by atoms with van der Waals surface area (Å²) in [6, 6.07) is 4.23. The predicted octanol–water partition coefficient (Wildman–Crippen LogP) is 2.41. The highest BCUT2D eigenvalue weighted by atomic mass is 16.6. The summed E-state index contributed by atoms with van der Waals surface area (Å²) in [4.78, 5) is 14.7. The average molecular weight is 267 g/mol. The van der Waals surface area contributed by atoms with Crippen LogP contribution in [-0.2, 0) is 11.3 Å². The fourth-order valence-electron chi connectivity index (χ4n) is 1.61. The third kappa shape index (κ3) is 6.86. The number of hydrogen-bond acceptors (Lipinski definition) is 3. The van der Waals surface area contributed by atoms with Crippen LogP contribution in [0.1, 0.15) is 39.8 Å². The number of hydrogen-bond donors (Lipinski definition) is 3. The highest BCUT2D eigenvalue weighted by molar-refractivity contribution is 5.67. The van der Waals surface area contributed by atoms with Crippen LogP contribution in [0.5, 0.6) is 0 Å². The maximum atomic E-state index is 11.5. The van der Waals surface area contributed by atoms with Crippen molar-refractivity contribution in [1.82, 2.24) is 15.6 Å². The van der Waals surface area contributed by atoms with E-state index in [0.717, 1.165) is 18.7 Å². The standard InChI is InChI=1S/C14H25N3O2/c1-5-11(16-10-12-7-6-8-15-12)9-17-13(18)19-14(2,3)4/h6-8,11,15-16H,5,9-10H2,1-4H3,(H,17,18). The van der Waals surface area contributed by atoms with E-state index in [1.165, 1.54) is 0 Å². The van der Waals surface area contributed by atoms with Gasteiger partial charge >= 0.3 is 6.09 Å². The fourth-order valence-corrected chi connectivity index (χ4v) is 1.61. The molecule has 0 aliphatic carbocycles. The van der Waals surface area contributed by atoms with E-state index in [0.29, 0.717) is 6.54 Å². The molecule has 0 saturated carbocycles. The van der Waals surface area contributed by atoms with Gasteiger partial charge in [0.1, 0.15) is 5.60 Å². The monoisotopic (exact) mass is 267 g/mol. The molecule has 108 valence electrons. The molecule has 0 spiro atoms. The molecule has 1 aromatic rings. The van der Waals surface area contributed by atoms with E-state index < -0.39 is 5.60 Å². The molecule has 0 fully saturated rings. The molecule has 0 radical (unpaired) electrons. The van der Waals surface area contributed by atoms with Gasteiger partial charge in [-0.15, -0.1) is 0 Å². The Labute approximate surface area is 115 Å². The normalized spacial score (nSPS) is 13.1. The lowest BCUT2D eigenvalue weighted by atomic mass is 10.2. The summed E-state index contributed by atoms with van der Waals surface area (Å²) in [6.45, 7) is 8.98. The van der Waals surface area contributed by atoms with Gasteiger partial charge < -0.3 is 20.4 Å². The number of H-pyrrole nitrogens is 1. The van der Waals surface area contributed by atoms with Gasteiger partial charge in [0.25, 0.3) is 0 Å². The molecule has 0 aromatic carbocycles. The predicted molar refractivity (Wildman–Crippen MR) is 75.9 cm³/mol. The highest BCUT2D eigenvalue weighted by Gasteiger charge is 2.16. The first-order valence-corrected chi connectivity index (χ1v) is 6.73. The second-order valence-electron chi connectivity index (χ2n) is 5.56. The molecular formula is C14H25N3O2. The number of carbonyl (C=O) groups excluding carboxylic acids is 1. The van der Waals surface area contributed by atoms with Gasteiger partial charge in [0.2, 0.25) is 0 Å². The third-order valence-corrected chi connectivity index (χ3v) is 2.63. The summed E-state index contributed by atoms with van der Waals surface area (Å²) < 4.78 is 5.20. The van der Waals surface area contributed by atoms with Gasteiger partial charge in [0.05, 0.1) is 0 Å². The number of aromatic amines is 1. The van der Waals surface area contributed by atoms with Gasteiger partial charge in [-0.1, -0.05) is 6.92 Å². The Morgan fingerprint density at radius 1 is 1.47 bits per heavy atom. The topological polar surface area (TPSA) is 66.2 Å². The fraction of sp³-hybridized carbons (Fsp3) is 0.643. The van der Waals surface area contributed by atoms with E-state index in [2.05, 4.69) is 22.5 Å². The Kier molecular flexibility index (Phi) is 5.89. The summed E-state index contributed by atoms with van der Waals surface area (Å²) in [5.41, 5.74) is 0.680. The number of amides is 1. The van der Waals surface area contributed by atoms with Gasteiger partial charge in [-0.2, -0.15) is 0 Å². The number of ether oxygens (including phenoxy) is 1. The Hall–Kier alpha value is -1.49. The van der Waals surface area contributed by atoms with Crippen molar-refractivity contribution < 1.29 is 9.53 Å². The highest BCUT2D eigenvalue weighted by Crippen LogP contribution is 2.06. The zero-order chi connectivity index (χ0) is 14.3. The van der Waals surface area contributed by atoms with Crippen molar-refractivity contribution in [3.05, 3.63) is 24.0 Å². The molecule has 0 aliphatic heterocycles. The molecule has 0 bridgehead atoms. The zero-order valence-electron chi connectivity index (χ0n) is 12.2. The molecule has 0 saturated heterocycles. The largest absolute Gasteiger partial charge is 0.444 e. The van der Waals surface area contributed by atoms with Crippen LogP contribution in [-0.4, -0.2) is 29.3 Å². The van der Waals surface area contributed by atoms with Crippen LogP contribution in [0.25, 0.3) is 0 Å². The average Bonchev–Trinajstić information content (AvgIpc) is 2.80. The summed E-state index contributed by atoms with van der Waals surface area (Å²) in [7, 11) is 0. The van der Waals surface area contributed by atoms with Crippen molar-refractivity contribution >= 4 is 6.09 Å². The van der Waals surface area contributed by atoms with Gasteiger partial charge in [0.15, 0.2) is 0 Å². The summed E-state index contributed by atoms with van der Waals surface area (Å²) >= 11 is 0. The first-order valence-electron chi connectivity index (χ1n) is 6.73. The molecule has 1 heterocycles. The van der Waals surface area contributed by atoms with E-state index in [1.807, 2.05) is 39.1 Å². The minimum absolute atomic E-state index is 0.232. The van der Waals surface area contributed by atoms with E-state index in [9.17, 15) is 4.79 Å². The SMILES string of the molecule is CCC(CNC(=O)OC(C)(C)C)NCc1ccc[nH]1. The van der Waals surface area contributed by atoms with Crippen molar-refractivity contribution in [3.8, 4) is 0 Å². The van der Waals surface area contributed by atoms with Crippen LogP contribution in [0.3, 0.4) is 0 Å². The minimum Gasteiger partial charge on any atom is -0.444 e. The van der Waals surface area contributed by atoms with Crippen LogP contribution in [0, 0.1) is 0 Å². The molecule has 19 heavy (non-hydrogen) atoms. The van der Waals surface area contributed by atoms with E-state index in [1.54, 1.807) is 0 Å². The molecule has 1 amide bonds. The molecule has 1 rings (SSSR count). The number of aromatic nitrogens is 1. The number of carbonyl (C=O) groups is 1. The van der Waals surface area contributed by atoms with Crippen LogP contribution in [0.2, 0.25) is 0 Å². The van der Waals surface area contributed by atoms with Gasteiger partial charge in [-0.25, -0.2) is 4.79 Å². The van der Waals surface area contributed by atoms with Crippen molar-refractivity contribution in [1.29, 1.82) is 0 Å². The molecular weight excluding hydrogens is 242 g/mol. The minimum atomic E-state index is -0.455. The Morgan fingerprint density at radius 3 is 2.74 bits per heavy atom. The molecule has 1 aromatic heterocycles. The Bertz CT molecular complexity index is 369. The first kappa shape index (κ1) is 15.6. The van der Waals surface area contributed by atoms with Crippen molar-refractivity contribution in [2.75, 3.05) is 6.54 Å². The van der Waals surface area contributed by atoms with Gasteiger partial charge in [-0.3, -0.25) is 0 Å². The lowest BCUT2D eigenvalue weighted by Crippen LogP contribution is -2.42. The van der Waals surface area contributed by atoms with E-state index >= 15 is 0 Å². The quantitative estimate of drug-likeness (QED) is 0.741. The number of alkyl carbamates (subject to hydrolysis) is 1. The van der Waals surface area contributed by atoms with Crippen molar-refractivity contribution in [3.63, 3.8) is 0 Å². The van der Waals surface area contributed by atoms with Gasteiger partial charge in [-0.05, 0) is 39.3 Å². The molecule has 0 aliphatic rings. The lowest BCUT2D eigenvalue weighted by Gasteiger charge is -2.22. The summed E-state index contributed by atoms with van der Waals surface area (Å²) in [6.07, 6.45) is 2.47. The maximum absolute atomic E-state index is 11.5. The number of rotatable bonds is 6.